The summed E-state index contributed by atoms with van der Waals surface area (Å²) in [5.74, 6) is 0.362. The first kappa shape index (κ1) is 14.5. The average molecular weight is 297 g/mol. The number of imide groups is 1. The van der Waals surface area contributed by atoms with Crippen molar-refractivity contribution in [2.75, 3.05) is 11.4 Å². The van der Waals surface area contributed by atoms with Crippen LogP contribution in [0.2, 0.25) is 0 Å². The van der Waals surface area contributed by atoms with Crippen LogP contribution in [0.15, 0.2) is 30.6 Å². The smallest absolute Gasteiger partial charge is 0.291 e. The van der Waals surface area contributed by atoms with Crippen LogP contribution in [0.1, 0.15) is 25.8 Å². The van der Waals surface area contributed by atoms with Gasteiger partial charge in [0.2, 0.25) is 5.91 Å². The predicted molar refractivity (Wildman–Crippen MR) is 85.8 cm³/mol. The molecule has 1 saturated heterocycles. The second-order valence-electron chi connectivity index (χ2n) is 6.07. The van der Waals surface area contributed by atoms with Gasteiger partial charge >= 0.3 is 6.03 Å². The summed E-state index contributed by atoms with van der Waals surface area (Å²) in [5, 5.41) is 4.34. The van der Waals surface area contributed by atoms with Gasteiger partial charge in [-0.25, -0.2) is 4.79 Å². The molecule has 1 N–H and O–H groups in total. The van der Waals surface area contributed by atoms with E-state index in [1.54, 1.807) is 11.1 Å². The van der Waals surface area contributed by atoms with Crippen LogP contribution in [0.3, 0.4) is 0 Å². The lowest BCUT2D eigenvalue weighted by Crippen LogP contribution is -2.49. The molecule has 114 valence electrons. The van der Waals surface area contributed by atoms with Crippen molar-refractivity contribution >= 4 is 28.4 Å². The molecular formula is C17H19N3O2. The topological polar surface area (TPSA) is 62.3 Å². The standard InChI is InChI=1S/C17H19N3O2/c1-11(2)7-12-3-4-14-13(8-12)9-18-10-15(14)20-6-5-16(21)19-17(20)22/h3-4,8-11H,5-7H2,1-2H3,(H,19,21,22). The maximum Gasteiger partial charge on any atom is 0.328 e. The Kier molecular flexibility index (Phi) is 3.79. The largest absolute Gasteiger partial charge is 0.328 e. The number of carbonyl (C=O) groups is 2. The van der Waals surface area contributed by atoms with Crippen LogP contribution >= 0.6 is 0 Å². The van der Waals surface area contributed by atoms with Gasteiger partial charge in [-0.05, 0) is 24.0 Å². The fraction of sp³-hybridized carbons (Fsp3) is 0.353. The molecular weight excluding hydrogens is 278 g/mol. The number of carbonyl (C=O) groups excluding carboxylic acids is 2. The van der Waals surface area contributed by atoms with Gasteiger partial charge in [0.05, 0.1) is 11.9 Å². The second-order valence-corrected chi connectivity index (χ2v) is 6.07. The lowest BCUT2D eigenvalue weighted by Gasteiger charge is -2.27. The molecule has 5 heteroatoms. The van der Waals surface area contributed by atoms with Crippen molar-refractivity contribution in [3.05, 3.63) is 36.2 Å². The number of benzene rings is 1. The van der Waals surface area contributed by atoms with Gasteiger partial charge in [0.15, 0.2) is 0 Å². The van der Waals surface area contributed by atoms with Crippen molar-refractivity contribution in [3.63, 3.8) is 0 Å². The summed E-state index contributed by atoms with van der Waals surface area (Å²) in [7, 11) is 0. The van der Waals surface area contributed by atoms with Crippen LogP contribution in [0, 0.1) is 5.92 Å². The Balaban J connectivity index is 2.00. The van der Waals surface area contributed by atoms with Crippen LogP contribution < -0.4 is 10.2 Å². The maximum absolute atomic E-state index is 12.0. The lowest BCUT2D eigenvalue weighted by atomic mass is 10.00. The number of nitrogens with zero attached hydrogens (tertiary/aromatic N) is 2. The third kappa shape index (κ3) is 2.79. The van der Waals surface area contributed by atoms with Crippen molar-refractivity contribution in [1.82, 2.24) is 10.3 Å². The molecule has 3 rings (SSSR count). The van der Waals surface area contributed by atoms with Gasteiger partial charge in [-0.3, -0.25) is 20.0 Å². The van der Waals surface area contributed by atoms with Gasteiger partial charge < -0.3 is 0 Å². The normalized spacial score (nSPS) is 15.5. The minimum atomic E-state index is -0.378. The summed E-state index contributed by atoms with van der Waals surface area (Å²) in [6.07, 6.45) is 4.82. The quantitative estimate of drug-likeness (QED) is 0.947. The van der Waals surface area contributed by atoms with Crippen molar-refractivity contribution in [3.8, 4) is 0 Å². The number of rotatable bonds is 3. The molecule has 0 unspecified atom stereocenters. The summed E-state index contributed by atoms with van der Waals surface area (Å²) in [6, 6.07) is 5.88. The zero-order chi connectivity index (χ0) is 15.7. The highest BCUT2D eigenvalue weighted by molar-refractivity contribution is 6.09. The molecule has 0 bridgehead atoms. The molecule has 3 amide bonds. The number of nitrogens with one attached hydrogen (secondary N) is 1. The van der Waals surface area contributed by atoms with Gasteiger partial charge in [0, 0.05) is 29.9 Å². The Bertz CT molecular complexity index is 740. The Hall–Kier alpha value is -2.43. The molecule has 1 fully saturated rings. The van der Waals surface area contributed by atoms with Gasteiger partial charge in [0.1, 0.15) is 0 Å². The van der Waals surface area contributed by atoms with Crippen molar-refractivity contribution in [2.45, 2.75) is 26.7 Å². The van der Waals surface area contributed by atoms with Crippen LogP contribution in [0.5, 0.6) is 0 Å². The van der Waals surface area contributed by atoms with Crippen LogP contribution in [-0.4, -0.2) is 23.5 Å². The fourth-order valence-electron chi connectivity index (χ4n) is 2.82. The van der Waals surface area contributed by atoms with Crippen LogP contribution in [-0.2, 0) is 11.2 Å². The van der Waals surface area contributed by atoms with E-state index in [4.69, 9.17) is 0 Å². The first-order valence-corrected chi connectivity index (χ1v) is 7.52. The molecule has 22 heavy (non-hydrogen) atoms. The number of aromatic nitrogens is 1. The molecule has 2 heterocycles. The van der Waals surface area contributed by atoms with Crippen molar-refractivity contribution in [2.24, 2.45) is 5.92 Å². The summed E-state index contributed by atoms with van der Waals surface area (Å²) in [5.41, 5.74) is 2.01. The number of hydrogen-bond acceptors (Lipinski definition) is 3. The maximum atomic E-state index is 12.0. The third-order valence-electron chi connectivity index (χ3n) is 3.79. The van der Waals surface area contributed by atoms with Gasteiger partial charge in [-0.1, -0.05) is 26.0 Å². The fourth-order valence-corrected chi connectivity index (χ4v) is 2.82. The number of fused-ring (bicyclic) bond motifs is 1. The minimum absolute atomic E-state index is 0.228. The van der Waals surface area contributed by atoms with E-state index in [0.717, 1.165) is 22.9 Å². The summed E-state index contributed by atoms with van der Waals surface area (Å²) in [6.45, 7) is 4.76. The second kappa shape index (κ2) is 5.75. The van der Waals surface area contributed by atoms with E-state index in [1.165, 1.54) is 5.56 Å². The highest BCUT2D eigenvalue weighted by atomic mass is 16.2. The third-order valence-corrected chi connectivity index (χ3v) is 3.79. The molecule has 0 spiro atoms. The van der Waals surface area contributed by atoms with E-state index < -0.39 is 0 Å². The molecule has 0 aliphatic carbocycles. The van der Waals surface area contributed by atoms with Crippen LogP contribution in [0.25, 0.3) is 10.8 Å². The zero-order valence-corrected chi connectivity index (χ0v) is 12.8. The molecule has 1 aromatic heterocycles. The van der Waals surface area contributed by atoms with Gasteiger partial charge in [-0.15, -0.1) is 0 Å². The average Bonchev–Trinajstić information content (AvgIpc) is 2.46. The van der Waals surface area contributed by atoms with E-state index in [0.29, 0.717) is 18.9 Å². The van der Waals surface area contributed by atoms with Crippen molar-refractivity contribution in [1.29, 1.82) is 0 Å². The molecule has 1 aromatic carbocycles. The number of pyridine rings is 1. The Labute approximate surface area is 129 Å². The molecule has 0 radical (unpaired) electrons. The molecule has 0 atom stereocenters. The monoisotopic (exact) mass is 297 g/mol. The highest BCUT2D eigenvalue weighted by Gasteiger charge is 2.25. The first-order chi connectivity index (χ1) is 10.5. The number of hydrogen-bond donors (Lipinski definition) is 1. The summed E-state index contributed by atoms with van der Waals surface area (Å²) >= 11 is 0. The van der Waals surface area contributed by atoms with E-state index in [-0.39, 0.29) is 11.9 Å². The Morgan fingerprint density at radius 3 is 2.82 bits per heavy atom. The minimum Gasteiger partial charge on any atom is -0.291 e. The van der Waals surface area contributed by atoms with E-state index in [1.807, 2.05) is 12.3 Å². The summed E-state index contributed by atoms with van der Waals surface area (Å²) < 4.78 is 0. The number of amides is 3. The molecule has 1 aliphatic heterocycles. The predicted octanol–water partition coefficient (Wildman–Crippen LogP) is 2.88. The summed E-state index contributed by atoms with van der Waals surface area (Å²) in [4.78, 5) is 29.2. The van der Waals surface area contributed by atoms with Gasteiger partial charge in [-0.2, -0.15) is 0 Å². The molecule has 2 aromatic rings. The van der Waals surface area contributed by atoms with Crippen LogP contribution in [0.4, 0.5) is 10.5 Å². The Morgan fingerprint density at radius 1 is 1.27 bits per heavy atom. The van der Waals surface area contributed by atoms with E-state index in [2.05, 4.69) is 36.3 Å². The molecule has 0 saturated carbocycles. The highest BCUT2D eigenvalue weighted by Crippen LogP contribution is 2.28. The molecule has 5 nitrogen and oxygen atoms in total. The van der Waals surface area contributed by atoms with Gasteiger partial charge in [0.25, 0.3) is 0 Å². The number of anilines is 1. The molecule has 1 aliphatic rings. The SMILES string of the molecule is CC(C)Cc1ccc2c(N3CCC(=O)NC3=O)cncc2c1. The van der Waals surface area contributed by atoms with Crippen molar-refractivity contribution < 1.29 is 9.59 Å². The number of urea groups is 1. The Morgan fingerprint density at radius 2 is 2.09 bits per heavy atom. The lowest BCUT2D eigenvalue weighted by molar-refractivity contribution is -0.120. The van der Waals surface area contributed by atoms with E-state index in [9.17, 15) is 9.59 Å². The first-order valence-electron chi connectivity index (χ1n) is 7.52. The van der Waals surface area contributed by atoms with E-state index >= 15 is 0 Å². The zero-order valence-electron chi connectivity index (χ0n) is 12.8.